The first-order valence-electron chi connectivity index (χ1n) is 8.56. The van der Waals surface area contributed by atoms with Crippen LogP contribution in [0.2, 0.25) is 5.02 Å². The Labute approximate surface area is 171 Å². The lowest BCUT2D eigenvalue weighted by atomic mass is 10.1. The van der Waals surface area contributed by atoms with Gasteiger partial charge in [-0.05, 0) is 55.0 Å². The summed E-state index contributed by atoms with van der Waals surface area (Å²) in [5, 5.41) is 12.1. The molecule has 1 aliphatic rings. The summed E-state index contributed by atoms with van der Waals surface area (Å²) in [4.78, 5) is 38.3. The fourth-order valence-electron chi connectivity index (χ4n) is 2.73. The van der Waals surface area contributed by atoms with E-state index in [1.165, 1.54) is 37.5 Å². The van der Waals surface area contributed by atoms with Crippen LogP contribution in [0.5, 0.6) is 17.2 Å². The Morgan fingerprint density at radius 2 is 1.86 bits per heavy atom. The number of hydrogen-bond acceptors (Lipinski definition) is 6. The van der Waals surface area contributed by atoms with E-state index in [0.717, 1.165) is 4.90 Å². The van der Waals surface area contributed by atoms with Crippen LogP contribution in [0.15, 0.2) is 42.0 Å². The van der Waals surface area contributed by atoms with Crippen molar-refractivity contribution < 1.29 is 29.0 Å². The van der Waals surface area contributed by atoms with E-state index in [1.54, 1.807) is 19.1 Å². The Morgan fingerprint density at radius 3 is 2.48 bits per heavy atom. The van der Waals surface area contributed by atoms with Gasteiger partial charge >= 0.3 is 6.03 Å². The van der Waals surface area contributed by atoms with Gasteiger partial charge in [0, 0.05) is 0 Å². The number of phenolic OH excluding ortho intramolecular Hbond substituents is 1. The zero-order chi connectivity index (χ0) is 21.1. The van der Waals surface area contributed by atoms with Crippen molar-refractivity contribution in [3.05, 3.63) is 52.6 Å². The number of imide groups is 2. The normalized spacial score (nSPS) is 15.5. The van der Waals surface area contributed by atoms with Crippen molar-refractivity contribution in [3.63, 3.8) is 0 Å². The number of carbonyl (C=O) groups excluding carboxylic acids is 3. The van der Waals surface area contributed by atoms with E-state index in [0.29, 0.717) is 11.3 Å². The third kappa shape index (κ3) is 4.02. The number of nitrogens with zero attached hydrogens (tertiary/aromatic N) is 1. The van der Waals surface area contributed by atoms with Crippen molar-refractivity contribution in [3.8, 4) is 17.2 Å². The molecule has 2 aromatic carbocycles. The highest BCUT2D eigenvalue weighted by atomic mass is 35.5. The summed E-state index contributed by atoms with van der Waals surface area (Å²) < 4.78 is 10.4. The van der Waals surface area contributed by atoms with Crippen LogP contribution < -0.4 is 19.7 Å². The standard InChI is InChI=1S/C20H17ClN2O6/c1-3-29-16-10-11(9-15(21)17(16)24)8-14-18(25)22-20(27)23(19(14)26)12-4-6-13(28-2)7-5-12/h4-10,24H,3H2,1-2H3,(H,22,25,27)/b14-8-. The minimum atomic E-state index is -0.860. The minimum absolute atomic E-state index is 0.00504. The van der Waals surface area contributed by atoms with E-state index in [-0.39, 0.29) is 34.4 Å². The number of anilines is 1. The minimum Gasteiger partial charge on any atom is -0.503 e. The third-order valence-electron chi connectivity index (χ3n) is 4.09. The molecule has 1 aliphatic heterocycles. The topological polar surface area (TPSA) is 105 Å². The van der Waals surface area contributed by atoms with E-state index in [2.05, 4.69) is 5.32 Å². The molecule has 9 heteroatoms. The molecule has 8 nitrogen and oxygen atoms in total. The van der Waals surface area contributed by atoms with Crippen molar-refractivity contribution in [1.29, 1.82) is 0 Å². The number of urea groups is 1. The maximum Gasteiger partial charge on any atom is 0.335 e. The molecule has 1 heterocycles. The Bertz CT molecular complexity index is 1020. The smallest absolute Gasteiger partial charge is 0.335 e. The predicted molar refractivity (Wildman–Crippen MR) is 106 cm³/mol. The number of phenols is 1. The number of nitrogens with one attached hydrogen (secondary N) is 1. The third-order valence-corrected chi connectivity index (χ3v) is 4.38. The van der Waals surface area contributed by atoms with Gasteiger partial charge in [0.15, 0.2) is 11.5 Å². The van der Waals surface area contributed by atoms with Gasteiger partial charge in [-0.15, -0.1) is 0 Å². The number of aromatic hydroxyl groups is 1. The summed E-state index contributed by atoms with van der Waals surface area (Å²) in [5.41, 5.74) is 0.342. The molecule has 150 valence electrons. The number of carbonyl (C=O) groups is 3. The Kier molecular flexibility index (Phi) is 5.74. The van der Waals surface area contributed by atoms with Crippen LogP contribution in [0, 0.1) is 0 Å². The van der Waals surface area contributed by atoms with Gasteiger partial charge in [0.05, 0.1) is 24.4 Å². The fraction of sp³-hybridized carbons (Fsp3) is 0.150. The second-order valence-electron chi connectivity index (χ2n) is 5.94. The molecule has 0 radical (unpaired) electrons. The molecule has 0 atom stereocenters. The number of methoxy groups -OCH3 is 1. The summed E-state index contributed by atoms with van der Waals surface area (Å²) in [5.74, 6) is -1.23. The van der Waals surface area contributed by atoms with E-state index in [4.69, 9.17) is 21.1 Å². The molecule has 0 aliphatic carbocycles. The highest BCUT2D eigenvalue weighted by Gasteiger charge is 2.36. The van der Waals surface area contributed by atoms with Gasteiger partial charge in [0.2, 0.25) is 0 Å². The predicted octanol–water partition coefficient (Wildman–Crippen LogP) is 3.12. The number of benzene rings is 2. The van der Waals surface area contributed by atoms with E-state index in [1.807, 2.05) is 0 Å². The summed E-state index contributed by atoms with van der Waals surface area (Å²) in [6.45, 7) is 2.01. The Morgan fingerprint density at radius 1 is 1.17 bits per heavy atom. The van der Waals surface area contributed by atoms with Crippen molar-refractivity contribution in [1.82, 2.24) is 5.32 Å². The average Bonchev–Trinajstić information content (AvgIpc) is 2.69. The van der Waals surface area contributed by atoms with Crippen LogP contribution in [0.25, 0.3) is 6.08 Å². The summed E-state index contributed by atoms with van der Waals surface area (Å²) in [7, 11) is 1.49. The first kappa shape index (κ1) is 20.2. The molecule has 1 fully saturated rings. The summed E-state index contributed by atoms with van der Waals surface area (Å²) in [6.07, 6.45) is 1.27. The van der Waals surface area contributed by atoms with Crippen LogP contribution in [0.4, 0.5) is 10.5 Å². The van der Waals surface area contributed by atoms with Gasteiger partial charge in [0.25, 0.3) is 11.8 Å². The molecule has 2 N–H and O–H groups in total. The molecule has 0 saturated carbocycles. The van der Waals surface area contributed by atoms with Crippen molar-refractivity contribution in [2.24, 2.45) is 0 Å². The first-order valence-corrected chi connectivity index (χ1v) is 8.94. The quantitative estimate of drug-likeness (QED) is 0.573. The van der Waals surface area contributed by atoms with Crippen LogP contribution in [-0.4, -0.2) is 36.7 Å². The monoisotopic (exact) mass is 416 g/mol. The SMILES string of the molecule is CCOc1cc(/C=C2/C(=O)NC(=O)N(c3ccc(OC)cc3)C2=O)cc(Cl)c1O. The summed E-state index contributed by atoms with van der Waals surface area (Å²) >= 11 is 6.00. The van der Waals surface area contributed by atoms with Gasteiger partial charge in [0.1, 0.15) is 11.3 Å². The fourth-order valence-corrected chi connectivity index (χ4v) is 2.95. The Balaban J connectivity index is 2.01. The number of hydrogen-bond donors (Lipinski definition) is 2. The van der Waals surface area contributed by atoms with Crippen LogP contribution in [-0.2, 0) is 9.59 Å². The van der Waals surface area contributed by atoms with E-state index >= 15 is 0 Å². The zero-order valence-corrected chi connectivity index (χ0v) is 16.3. The highest BCUT2D eigenvalue weighted by molar-refractivity contribution is 6.39. The van der Waals surface area contributed by atoms with Crippen LogP contribution in [0.1, 0.15) is 12.5 Å². The largest absolute Gasteiger partial charge is 0.503 e. The molecule has 1 saturated heterocycles. The molecule has 3 rings (SSSR count). The molecule has 4 amide bonds. The molecular weight excluding hydrogens is 400 g/mol. The first-order chi connectivity index (χ1) is 13.8. The van der Waals surface area contributed by atoms with E-state index in [9.17, 15) is 19.5 Å². The van der Waals surface area contributed by atoms with Crippen molar-refractivity contribution >= 4 is 41.2 Å². The second-order valence-corrected chi connectivity index (χ2v) is 6.35. The molecule has 2 aromatic rings. The molecule has 0 unspecified atom stereocenters. The molecule has 0 bridgehead atoms. The van der Waals surface area contributed by atoms with Gasteiger partial charge in [-0.1, -0.05) is 11.6 Å². The number of ether oxygens (including phenoxy) is 2. The van der Waals surface area contributed by atoms with Gasteiger partial charge in [-0.3, -0.25) is 14.9 Å². The maximum absolute atomic E-state index is 12.9. The second kappa shape index (κ2) is 8.24. The summed E-state index contributed by atoms with van der Waals surface area (Å²) in [6, 6.07) is 8.17. The van der Waals surface area contributed by atoms with Gasteiger partial charge in [-0.2, -0.15) is 0 Å². The van der Waals surface area contributed by atoms with Crippen LogP contribution in [0.3, 0.4) is 0 Å². The lowest BCUT2D eigenvalue weighted by Crippen LogP contribution is -2.54. The maximum atomic E-state index is 12.9. The number of halogens is 1. The number of rotatable bonds is 5. The lowest BCUT2D eigenvalue weighted by molar-refractivity contribution is -0.122. The number of barbiturate groups is 1. The van der Waals surface area contributed by atoms with Crippen molar-refractivity contribution in [2.45, 2.75) is 6.92 Å². The van der Waals surface area contributed by atoms with Gasteiger partial charge < -0.3 is 14.6 Å². The van der Waals surface area contributed by atoms with Crippen molar-refractivity contribution in [2.75, 3.05) is 18.6 Å². The highest BCUT2D eigenvalue weighted by Crippen LogP contribution is 2.36. The van der Waals surface area contributed by atoms with Crippen LogP contribution >= 0.6 is 11.6 Å². The molecule has 0 aromatic heterocycles. The Hall–Kier alpha value is -3.52. The molecule has 29 heavy (non-hydrogen) atoms. The molecule has 0 spiro atoms. The van der Waals surface area contributed by atoms with Gasteiger partial charge in [-0.25, -0.2) is 9.69 Å². The average molecular weight is 417 g/mol. The zero-order valence-electron chi connectivity index (χ0n) is 15.6. The van der Waals surface area contributed by atoms with E-state index < -0.39 is 17.8 Å². The molecular formula is C20H17ClN2O6. The lowest BCUT2D eigenvalue weighted by Gasteiger charge is -2.26. The number of amides is 4.